The van der Waals surface area contributed by atoms with Crippen molar-refractivity contribution in [3.8, 4) is 0 Å². The van der Waals surface area contributed by atoms with Gasteiger partial charge >= 0.3 is 0 Å². The fraction of sp³-hybridized carbons (Fsp3) is 0.381. The fourth-order valence-corrected chi connectivity index (χ4v) is 3.22. The van der Waals surface area contributed by atoms with Crippen LogP contribution in [0.2, 0.25) is 0 Å². The zero-order chi connectivity index (χ0) is 18.6. The Balaban J connectivity index is 1.55. The topological polar surface area (TPSA) is 32.3 Å². The van der Waals surface area contributed by atoms with Gasteiger partial charge in [-0.05, 0) is 37.1 Å². The van der Waals surface area contributed by atoms with Crippen LogP contribution in [-0.2, 0) is 16.8 Å². The Hall–Kier alpha value is -2.27. The van der Waals surface area contributed by atoms with Gasteiger partial charge < -0.3 is 5.32 Å². The number of rotatable bonds is 8. The van der Waals surface area contributed by atoms with Gasteiger partial charge in [0.1, 0.15) is 11.6 Å². The Labute approximate surface area is 153 Å². The molecule has 2 aromatic carbocycles. The van der Waals surface area contributed by atoms with E-state index in [1.807, 2.05) is 25.1 Å². The number of nitrogens with zero attached hydrogens (tertiary/aromatic N) is 1. The van der Waals surface area contributed by atoms with Crippen molar-refractivity contribution in [2.75, 3.05) is 19.6 Å². The molecule has 3 rings (SSSR count). The van der Waals surface area contributed by atoms with Gasteiger partial charge in [0.2, 0.25) is 5.91 Å². The van der Waals surface area contributed by atoms with Crippen LogP contribution in [0.3, 0.4) is 0 Å². The zero-order valence-corrected chi connectivity index (χ0v) is 15.0. The number of carbonyl (C=O) groups is 1. The number of nitrogens with one attached hydrogen (secondary N) is 1. The molecule has 0 spiro atoms. The van der Waals surface area contributed by atoms with E-state index in [9.17, 15) is 13.6 Å². The highest BCUT2D eigenvalue weighted by Gasteiger charge is 2.44. The lowest BCUT2D eigenvalue weighted by Gasteiger charge is -2.22. The summed E-state index contributed by atoms with van der Waals surface area (Å²) in [6.45, 7) is 3.20. The van der Waals surface area contributed by atoms with E-state index >= 15 is 0 Å². The molecule has 2 aromatic rings. The molecule has 138 valence electrons. The second-order valence-electron chi connectivity index (χ2n) is 6.93. The number of amides is 1. The Morgan fingerprint density at radius 3 is 2.31 bits per heavy atom. The molecule has 26 heavy (non-hydrogen) atoms. The monoisotopic (exact) mass is 358 g/mol. The van der Waals surface area contributed by atoms with Crippen LogP contribution < -0.4 is 5.32 Å². The SMILES string of the molecule is CCN(CC(=O)NCC1(c2ccccc2)CC1)Cc1c(F)cccc1F. The third-order valence-corrected chi connectivity index (χ3v) is 5.12. The van der Waals surface area contributed by atoms with Crippen molar-refractivity contribution in [1.29, 1.82) is 0 Å². The highest BCUT2D eigenvalue weighted by molar-refractivity contribution is 5.78. The molecule has 0 heterocycles. The number of benzene rings is 2. The van der Waals surface area contributed by atoms with Gasteiger partial charge in [0.15, 0.2) is 0 Å². The molecular formula is C21H24F2N2O. The predicted octanol–water partition coefficient (Wildman–Crippen LogP) is 3.63. The molecule has 1 aliphatic carbocycles. The van der Waals surface area contributed by atoms with E-state index in [1.165, 1.54) is 23.8 Å². The van der Waals surface area contributed by atoms with E-state index in [0.29, 0.717) is 13.1 Å². The molecule has 0 aliphatic heterocycles. The Morgan fingerprint density at radius 2 is 1.73 bits per heavy atom. The summed E-state index contributed by atoms with van der Waals surface area (Å²) in [5.41, 5.74) is 1.30. The van der Waals surface area contributed by atoms with Gasteiger partial charge in [0, 0.05) is 24.1 Å². The standard InChI is InChI=1S/C21H24F2N2O/c1-2-25(13-17-18(22)9-6-10-19(17)23)14-20(26)24-15-21(11-12-21)16-7-4-3-5-8-16/h3-10H,2,11-15H2,1H3,(H,24,26). The van der Waals surface area contributed by atoms with Gasteiger partial charge in [-0.1, -0.05) is 43.3 Å². The van der Waals surface area contributed by atoms with Crippen molar-refractivity contribution in [2.24, 2.45) is 0 Å². The van der Waals surface area contributed by atoms with Crippen LogP contribution in [0.25, 0.3) is 0 Å². The molecule has 1 fully saturated rings. The predicted molar refractivity (Wildman–Crippen MR) is 97.7 cm³/mol. The second kappa shape index (κ2) is 7.96. The van der Waals surface area contributed by atoms with Crippen LogP contribution in [0.1, 0.15) is 30.9 Å². The molecule has 5 heteroatoms. The third kappa shape index (κ3) is 4.28. The minimum absolute atomic E-state index is 0.00472. The van der Waals surface area contributed by atoms with E-state index < -0.39 is 11.6 Å². The Bertz CT molecular complexity index is 740. The van der Waals surface area contributed by atoms with E-state index in [4.69, 9.17) is 0 Å². The lowest BCUT2D eigenvalue weighted by atomic mass is 9.96. The first-order valence-electron chi connectivity index (χ1n) is 9.01. The number of halogens is 2. The maximum absolute atomic E-state index is 13.8. The molecule has 0 bridgehead atoms. The van der Waals surface area contributed by atoms with Crippen LogP contribution in [0, 0.1) is 11.6 Å². The maximum atomic E-state index is 13.8. The number of carbonyl (C=O) groups excluding carboxylic acids is 1. The minimum atomic E-state index is -0.579. The first kappa shape index (κ1) is 18.5. The summed E-state index contributed by atoms with van der Waals surface area (Å²) in [6.07, 6.45) is 2.13. The summed E-state index contributed by atoms with van der Waals surface area (Å²) in [7, 11) is 0. The summed E-state index contributed by atoms with van der Waals surface area (Å²) < 4.78 is 27.6. The minimum Gasteiger partial charge on any atom is -0.354 e. The first-order chi connectivity index (χ1) is 12.5. The van der Waals surface area contributed by atoms with E-state index in [1.54, 1.807) is 4.90 Å². The van der Waals surface area contributed by atoms with Gasteiger partial charge in [0.05, 0.1) is 6.54 Å². The normalized spacial score (nSPS) is 15.1. The summed E-state index contributed by atoms with van der Waals surface area (Å²) in [5, 5.41) is 3.00. The molecule has 1 N–H and O–H groups in total. The quantitative estimate of drug-likeness (QED) is 0.781. The van der Waals surface area contributed by atoms with E-state index in [2.05, 4.69) is 17.4 Å². The second-order valence-corrected chi connectivity index (χ2v) is 6.93. The van der Waals surface area contributed by atoms with E-state index in [-0.39, 0.29) is 30.0 Å². The number of likely N-dealkylation sites (N-methyl/N-ethyl adjacent to an activating group) is 1. The summed E-state index contributed by atoms with van der Waals surface area (Å²) >= 11 is 0. The van der Waals surface area contributed by atoms with Crippen LogP contribution in [0.4, 0.5) is 8.78 Å². The Morgan fingerprint density at radius 1 is 1.08 bits per heavy atom. The van der Waals surface area contributed by atoms with Crippen LogP contribution in [0.5, 0.6) is 0 Å². The summed E-state index contributed by atoms with van der Waals surface area (Å²) in [5.74, 6) is -1.28. The average molecular weight is 358 g/mol. The molecule has 0 saturated heterocycles. The molecule has 0 unspecified atom stereocenters. The largest absolute Gasteiger partial charge is 0.354 e. The van der Waals surface area contributed by atoms with Gasteiger partial charge in [-0.2, -0.15) is 0 Å². The molecule has 0 aromatic heterocycles. The van der Waals surface area contributed by atoms with Crippen molar-refractivity contribution in [3.05, 3.63) is 71.3 Å². The Kier molecular flexibility index (Phi) is 5.67. The van der Waals surface area contributed by atoms with Crippen LogP contribution in [-0.4, -0.2) is 30.4 Å². The zero-order valence-electron chi connectivity index (χ0n) is 15.0. The number of hydrogen-bond acceptors (Lipinski definition) is 2. The van der Waals surface area contributed by atoms with Crippen molar-refractivity contribution >= 4 is 5.91 Å². The van der Waals surface area contributed by atoms with Gasteiger partial charge in [-0.3, -0.25) is 9.69 Å². The molecule has 0 atom stereocenters. The molecule has 3 nitrogen and oxygen atoms in total. The molecule has 1 amide bonds. The smallest absolute Gasteiger partial charge is 0.234 e. The number of hydrogen-bond donors (Lipinski definition) is 1. The third-order valence-electron chi connectivity index (χ3n) is 5.12. The lowest BCUT2D eigenvalue weighted by molar-refractivity contribution is -0.122. The van der Waals surface area contributed by atoms with Gasteiger partial charge in [0.25, 0.3) is 0 Å². The maximum Gasteiger partial charge on any atom is 0.234 e. The average Bonchev–Trinajstić information content (AvgIpc) is 3.44. The fourth-order valence-electron chi connectivity index (χ4n) is 3.22. The van der Waals surface area contributed by atoms with E-state index in [0.717, 1.165) is 12.8 Å². The van der Waals surface area contributed by atoms with Crippen molar-refractivity contribution < 1.29 is 13.6 Å². The highest BCUT2D eigenvalue weighted by atomic mass is 19.1. The van der Waals surface area contributed by atoms with Gasteiger partial charge in [-0.15, -0.1) is 0 Å². The summed E-state index contributed by atoms with van der Waals surface area (Å²) in [6, 6.07) is 14.0. The summed E-state index contributed by atoms with van der Waals surface area (Å²) in [4.78, 5) is 14.1. The highest BCUT2D eigenvalue weighted by Crippen LogP contribution is 2.47. The van der Waals surface area contributed by atoms with Gasteiger partial charge in [-0.25, -0.2) is 8.78 Å². The molecular weight excluding hydrogens is 334 g/mol. The first-order valence-corrected chi connectivity index (χ1v) is 9.01. The molecule has 1 aliphatic rings. The van der Waals surface area contributed by atoms with Crippen LogP contribution in [0.15, 0.2) is 48.5 Å². The molecule has 1 saturated carbocycles. The van der Waals surface area contributed by atoms with Crippen molar-refractivity contribution in [1.82, 2.24) is 10.2 Å². The van der Waals surface area contributed by atoms with Crippen LogP contribution >= 0.6 is 0 Å². The van der Waals surface area contributed by atoms with Crippen molar-refractivity contribution in [3.63, 3.8) is 0 Å². The molecule has 0 radical (unpaired) electrons. The lowest BCUT2D eigenvalue weighted by Crippen LogP contribution is -2.40. The van der Waals surface area contributed by atoms with Crippen molar-refractivity contribution in [2.45, 2.75) is 31.7 Å².